The molecule has 0 bridgehead atoms. The van der Waals surface area contributed by atoms with Gasteiger partial charge in [0.2, 0.25) is 15.9 Å². The maximum atomic E-state index is 11.9. The number of amides is 1. The quantitative estimate of drug-likeness (QED) is 0.659. The number of hydrogen-bond donors (Lipinski definition) is 3. The molecule has 6 nitrogen and oxygen atoms in total. The van der Waals surface area contributed by atoms with Crippen molar-refractivity contribution in [2.24, 2.45) is 5.73 Å². The van der Waals surface area contributed by atoms with Gasteiger partial charge in [-0.2, -0.15) is 0 Å². The summed E-state index contributed by atoms with van der Waals surface area (Å²) < 4.78 is 26.4. The van der Waals surface area contributed by atoms with Gasteiger partial charge in [0.05, 0.1) is 10.9 Å². The lowest BCUT2D eigenvalue weighted by Gasteiger charge is -2.12. The fourth-order valence-corrected chi connectivity index (χ4v) is 2.87. The van der Waals surface area contributed by atoms with E-state index >= 15 is 0 Å². The first-order valence-electron chi connectivity index (χ1n) is 6.56. The van der Waals surface area contributed by atoms with E-state index in [2.05, 4.69) is 16.6 Å². The van der Waals surface area contributed by atoms with Crippen molar-refractivity contribution in [3.05, 3.63) is 36.9 Å². The summed E-state index contributed by atoms with van der Waals surface area (Å²) in [6.07, 6.45) is 1.94. The van der Waals surface area contributed by atoms with Crippen molar-refractivity contribution in [3.8, 4) is 0 Å². The molecule has 0 heterocycles. The van der Waals surface area contributed by atoms with Crippen molar-refractivity contribution >= 4 is 21.6 Å². The highest BCUT2D eigenvalue weighted by Gasteiger charge is 2.16. The number of carbonyl (C=O) groups is 1. The highest BCUT2D eigenvalue weighted by atomic mass is 32.2. The van der Waals surface area contributed by atoms with E-state index in [1.807, 2.05) is 0 Å². The van der Waals surface area contributed by atoms with Gasteiger partial charge < -0.3 is 11.1 Å². The summed E-state index contributed by atoms with van der Waals surface area (Å²) in [6.45, 7) is 7.01. The van der Waals surface area contributed by atoms with Crippen molar-refractivity contribution < 1.29 is 13.2 Å². The Bertz CT molecular complexity index is 594. The average molecular weight is 311 g/mol. The molecule has 0 spiro atoms. The van der Waals surface area contributed by atoms with E-state index in [9.17, 15) is 13.2 Å². The smallest absolute Gasteiger partial charge is 0.241 e. The first-order valence-corrected chi connectivity index (χ1v) is 8.04. The topological polar surface area (TPSA) is 101 Å². The van der Waals surface area contributed by atoms with Crippen LogP contribution < -0.4 is 15.8 Å². The Morgan fingerprint density at radius 2 is 1.90 bits per heavy atom. The Labute approximate surface area is 125 Å². The van der Waals surface area contributed by atoms with E-state index < -0.39 is 16.1 Å². The molecule has 0 saturated heterocycles. The summed E-state index contributed by atoms with van der Waals surface area (Å²) in [6, 6.07) is 5.04. The van der Waals surface area contributed by atoms with Crippen molar-refractivity contribution in [3.63, 3.8) is 0 Å². The molecule has 1 aromatic carbocycles. The second-order valence-electron chi connectivity index (χ2n) is 4.92. The van der Waals surface area contributed by atoms with E-state index in [4.69, 9.17) is 5.73 Å². The predicted molar refractivity (Wildman–Crippen MR) is 83.3 cm³/mol. The molecule has 1 unspecified atom stereocenters. The van der Waals surface area contributed by atoms with E-state index in [0.29, 0.717) is 12.1 Å². The molecule has 0 radical (unpaired) electrons. The summed E-state index contributed by atoms with van der Waals surface area (Å²) in [5.41, 5.74) is 6.13. The molecule has 0 aliphatic heterocycles. The Morgan fingerprint density at radius 3 is 2.38 bits per heavy atom. The summed E-state index contributed by atoms with van der Waals surface area (Å²) >= 11 is 0. The van der Waals surface area contributed by atoms with Crippen LogP contribution in [0.15, 0.2) is 41.8 Å². The van der Waals surface area contributed by atoms with Crippen LogP contribution in [0.4, 0.5) is 5.69 Å². The highest BCUT2D eigenvalue weighted by molar-refractivity contribution is 7.89. The number of nitrogens with two attached hydrogens (primary N) is 1. The Kier molecular flexibility index (Phi) is 6.07. The van der Waals surface area contributed by atoms with Gasteiger partial charge in [0.25, 0.3) is 0 Å². The predicted octanol–water partition coefficient (Wildman–Crippen LogP) is 1.22. The van der Waals surface area contributed by atoms with Crippen LogP contribution >= 0.6 is 0 Å². The standard InChI is InChI=1S/C14H21N3O3S/c1-4-5-13(15)14(18)16-11-6-8-12(9-7-11)21(19,20)17-10(2)3/h4,6-10,13,17H,1,5,15H2,2-3H3,(H,16,18). The zero-order chi connectivity index (χ0) is 16.0. The fourth-order valence-electron chi connectivity index (χ4n) is 1.62. The van der Waals surface area contributed by atoms with Gasteiger partial charge in [0.15, 0.2) is 0 Å². The van der Waals surface area contributed by atoms with Crippen LogP contribution in [-0.2, 0) is 14.8 Å². The van der Waals surface area contributed by atoms with Crippen molar-refractivity contribution in [2.75, 3.05) is 5.32 Å². The monoisotopic (exact) mass is 311 g/mol. The molecule has 1 atom stereocenters. The first kappa shape index (κ1) is 17.4. The minimum atomic E-state index is -3.53. The SMILES string of the molecule is C=CCC(N)C(=O)Nc1ccc(S(=O)(=O)NC(C)C)cc1. The fraction of sp³-hybridized carbons (Fsp3) is 0.357. The van der Waals surface area contributed by atoms with Gasteiger partial charge in [-0.1, -0.05) is 6.08 Å². The van der Waals surface area contributed by atoms with E-state index in [-0.39, 0.29) is 16.8 Å². The highest BCUT2D eigenvalue weighted by Crippen LogP contribution is 2.14. The second kappa shape index (κ2) is 7.35. The number of hydrogen-bond acceptors (Lipinski definition) is 4. The van der Waals surface area contributed by atoms with Gasteiger partial charge in [-0.05, 0) is 44.5 Å². The van der Waals surface area contributed by atoms with E-state index in [1.54, 1.807) is 19.9 Å². The van der Waals surface area contributed by atoms with Gasteiger partial charge >= 0.3 is 0 Å². The molecule has 1 amide bonds. The third kappa shape index (κ3) is 5.30. The number of anilines is 1. The van der Waals surface area contributed by atoms with Crippen molar-refractivity contribution in [2.45, 2.75) is 37.2 Å². The van der Waals surface area contributed by atoms with Crippen LogP contribution in [0.5, 0.6) is 0 Å². The maximum Gasteiger partial charge on any atom is 0.241 e. The lowest BCUT2D eigenvalue weighted by Crippen LogP contribution is -2.35. The molecule has 0 aliphatic rings. The van der Waals surface area contributed by atoms with E-state index in [0.717, 1.165) is 0 Å². The summed E-state index contributed by atoms with van der Waals surface area (Å²) in [4.78, 5) is 11.9. The lowest BCUT2D eigenvalue weighted by atomic mass is 10.2. The molecule has 0 aromatic heterocycles. The number of sulfonamides is 1. The largest absolute Gasteiger partial charge is 0.325 e. The molecular formula is C14H21N3O3S. The van der Waals surface area contributed by atoms with Crippen LogP contribution in [0.2, 0.25) is 0 Å². The minimum absolute atomic E-state index is 0.143. The molecule has 0 fully saturated rings. The Morgan fingerprint density at radius 1 is 1.33 bits per heavy atom. The number of rotatable bonds is 7. The number of carbonyl (C=O) groups excluding carboxylic acids is 1. The number of nitrogens with one attached hydrogen (secondary N) is 2. The van der Waals surface area contributed by atoms with E-state index in [1.165, 1.54) is 24.3 Å². The molecule has 1 aromatic rings. The third-order valence-corrected chi connectivity index (χ3v) is 4.25. The maximum absolute atomic E-state index is 11.9. The van der Waals surface area contributed by atoms with Crippen LogP contribution in [-0.4, -0.2) is 26.4 Å². The molecule has 1 rings (SSSR count). The number of benzene rings is 1. The molecule has 7 heteroatoms. The molecule has 0 aliphatic carbocycles. The molecular weight excluding hydrogens is 290 g/mol. The molecule has 116 valence electrons. The lowest BCUT2D eigenvalue weighted by molar-refractivity contribution is -0.117. The normalized spacial score (nSPS) is 13.0. The van der Waals surface area contributed by atoms with Crippen molar-refractivity contribution in [1.82, 2.24) is 4.72 Å². The first-order chi connectivity index (χ1) is 9.76. The molecule has 0 saturated carbocycles. The van der Waals surface area contributed by atoms with Gasteiger partial charge in [0.1, 0.15) is 0 Å². The average Bonchev–Trinajstić information content (AvgIpc) is 2.38. The second-order valence-corrected chi connectivity index (χ2v) is 6.63. The molecule has 21 heavy (non-hydrogen) atoms. The van der Waals surface area contributed by atoms with Crippen LogP contribution in [0.1, 0.15) is 20.3 Å². The van der Waals surface area contributed by atoms with Gasteiger partial charge in [-0.25, -0.2) is 13.1 Å². The third-order valence-electron chi connectivity index (χ3n) is 2.58. The zero-order valence-corrected chi connectivity index (χ0v) is 13.0. The summed E-state index contributed by atoms with van der Waals surface area (Å²) in [7, 11) is -3.53. The van der Waals surface area contributed by atoms with Crippen LogP contribution in [0.25, 0.3) is 0 Å². The Balaban J connectivity index is 2.79. The van der Waals surface area contributed by atoms with Gasteiger partial charge in [-0.15, -0.1) is 6.58 Å². The molecule has 4 N–H and O–H groups in total. The zero-order valence-electron chi connectivity index (χ0n) is 12.2. The van der Waals surface area contributed by atoms with Crippen LogP contribution in [0, 0.1) is 0 Å². The van der Waals surface area contributed by atoms with Gasteiger partial charge in [-0.3, -0.25) is 4.79 Å². The Hall–Kier alpha value is -1.70. The van der Waals surface area contributed by atoms with Crippen molar-refractivity contribution in [1.29, 1.82) is 0 Å². The summed E-state index contributed by atoms with van der Waals surface area (Å²) in [5.74, 6) is -0.342. The van der Waals surface area contributed by atoms with Crippen LogP contribution in [0.3, 0.4) is 0 Å². The minimum Gasteiger partial charge on any atom is -0.325 e. The summed E-state index contributed by atoms with van der Waals surface area (Å²) in [5, 5.41) is 2.62. The van der Waals surface area contributed by atoms with Gasteiger partial charge in [0, 0.05) is 11.7 Å².